The summed E-state index contributed by atoms with van der Waals surface area (Å²) in [6.45, 7) is 6.02. The van der Waals surface area contributed by atoms with Crippen LogP contribution in [0.25, 0.3) is 0 Å². The summed E-state index contributed by atoms with van der Waals surface area (Å²) in [4.78, 5) is 0. The van der Waals surface area contributed by atoms with Crippen LogP contribution in [0.4, 0.5) is 4.39 Å². The summed E-state index contributed by atoms with van der Waals surface area (Å²) in [6.07, 6.45) is 9.77. The maximum Gasteiger partial charge on any atom is 0.126 e. The van der Waals surface area contributed by atoms with Crippen molar-refractivity contribution in [1.29, 1.82) is 0 Å². The molecule has 2 rings (SSSR count). The monoisotopic (exact) mass is 275 g/mol. The van der Waals surface area contributed by atoms with E-state index in [0.717, 1.165) is 23.5 Å². The molecule has 1 aromatic rings. The van der Waals surface area contributed by atoms with Crippen molar-refractivity contribution in [1.82, 2.24) is 5.32 Å². The summed E-state index contributed by atoms with van der Waals surface area (Å²) in [5.41, 5.74) is 1.87. The second-order valence-corrected chi connectivity index (χ2v) is 5.86. The third-order valence-corrected chi connectivity index (χ3v) is 4.27. The van der Waals surface area contributed by atoms with Crippen LogP contribution >= 0.6 is 0 Å². The molecule has 0 saturated carbocycles. The highest BCUT2D eigenvalue weighted by molar-refractivity contribution is 5.25. The molecule has 0 aromatic heterocycles. The number of halogens is 1. The number of rotatable bonds is 7. The van der Waals surface area contributed by atoms with Crippen molar-refractivity contribution < 1.29 is 4.39 Å². The van der Waals surface area contributed by atoms with E-state index in [1.807, 2.05) is 6.07 Å². The Morgan fingerprint density at radius 2 is 2.05 bits per heavy atom. The lowest BCUT2D eigenvalue weighted by Gasteiger charge is -2.22. The largest absolute Gasteiger partial charge is 0.317 e. The van der Waals surface area contributed by atoms with Crippen LogP contribution in [-0.4, -0.2) is 13.1 Å². The molecule has 20 heavy (non-hydrogen) atoms. The van der Waals surface area contributed by atoms with Crippen molar-refractivity contribution >= 4 is 0 Å². The number of hydrogen-bond acceptors (Lipinski definition) is 1. The molecular weight excluding hydrogens is 249 g/mol. The average molecular weight is 275 g/mol. The molecule has 1 nitrogen and oxygen atoms in total. The van der Waals surface area contributed by atoms with E-state index in [1.165, 1.54) is 45.2 Å². The van der Waals surface area contributed by atoms with Crippen molar-refractivity contribution in [2.75, 3.05) is 13.1 Å². The molecule has 0 unspecified atom stereocenters. The number of allylic oxidation sites excluding steroid dienone is 1. The quantitative estimate of drug-likeness (QED) is 0.579. The molecule has 0 radical (unpaired) electrons. The van der Waals surface area contributed by atoms with E-state index >= 15 is 0 Å². The van der Waals surface area contributed by atoms with Gasteiger partial charge in [-0.15, -0.1) is 6.58 Å². The summed E-state index contributed by atoms with van der Waals surface area (Å²) >= 11 is 0. The van der Waals surface area contributed by atoms with Gasteiger partial charge in [0, 0.05) is 0 Å². The summed E-state index contributed by atoms with van der Waals surface area (Å²) < 4.78 is 13.8. The SMILES string of the molecule is C=CCc1ccc(CCCCC2CCNCC2)cc1F. The van der Waals surface area contributed by atoms with E-state index in [0.29, 0.717) is 6.42 Å². The molecular formula is C18H26FN. The van der Waals surface area contributed by atoms with E-state index in [2.05, 4.69) is 18.0 Å². The highest BCUT2D eigenvalue weighted by atomic mass is 19.1. The van der Waals surface area contributed by atoms with Gasteiger partial charge in [-0.1, -0.05) is 31.1 Å². The highest BCUT2D eigenvalue weighted by Gasteiger charge is 2.12. The number of hydrogen-bond donors (Lipinski definition) is 1. The Morgan fingerprint density at radius 3 is 2.75 bits per heavy atom. The summed E-state index contributed by atoms with van der Waals surface area (Å²) in [5, 5.41) is 3.40. The molecule has 0 aliphatic carbocycles. The molecule has 0 atom stereocenters. The van der Waals surface area contributed by atoms with Gasteiger partial charge >= 0.3 is 0 Å². The van der Waals surface area contributed by atoms with Crippen molar-refractivity contribution in [3.05, 3.63) is 47.8 Å². The molecule has 2 heteroatoms. The lowest BCUT2D eigenvalue weighted by atomic mass is 9.91. The number of piperidine rings is 1. The van der Waals surface area contributed by atoms with Gasteiger partial charge in [-0.25, -0.2) is 4.39 Å². The van der Waals surface area contributed by atoms with Gasteiger partial charge in [-0.3, -0.25) is 0 Å². The van der Waals surface area contributed by atoms with Gasteiger partial charge in [0.15, 0.2) is 0 Å². The maximum atomic E-state index is 13.8. The number of benzene rings is 1. The van der Waals surface area contributed by atoms with E-state index < -0.39 is 0 Å². The smallest absolute Gasteiger partial charge is 0.126 e. The van der Waals surface area contributed by atoms with Gasteiger partial charge in [-0.2, -0.15) is 0 Å². The predicted octanol–water partition coefficient (Wildman–Crippen LogP) is 4.27. The topological polar surface area (TPSA) is 12.0 Å². The lowest BCUT2D eigenvalue weighted by Crippen LogP contribution is -2.27. The molecule has 110 valence electrons. The summed E-state index contributed by atoms with van der Waals surface area (Å²) in [6, 6.07) is 5.66. The first-order chi connectivity index (χ1) is 9.79. The minimum atomic E-state index is -0.0826. The minimum Gasteiger partial charge on any atom is -0.317 e. The Hall–Kier alpha value is -1.15. The zero-order valence-electron chi connectivity index (χ0n) is 12.3. The Balaban J connectivity index is 1.70. The molecule has 1 N–H and O–H groups in total. The molecule has 0 amide bonds. The van der Waals surface area contributed by atoms with Crippen LogP contribution in [0.2, 0.25) is 0 Å². The number of unbranched alkanes of at least 4 members (excludes halogenated alkanes) is 1. The van der Waals surface area contributed by atoms with E-state index in [-0.39, 0.29) is 5.82 Å². The van der Waals surface area contributed by atoms with Crippen molar-refractivity contribution in [2.45, 2.75) is 44.9 Å². The van der Waals surface area contributed by atoms with Gasteiger partial charge in [-0.05, 0) is 68.3 Å². The molecule has 1 aliphatic heterocycles. The van der Waals surface area contributed by atoms with E-state index in [1.54, 1.807) is 12.1 Å². The zero-order valence-corrected chi connectivity index (χ0v) is 12.3. The first-order valence-corrected chi connectivity index (χ1v) is 7.88. The third kappa shape index (κ3) is 4.75. The highest BCUT2D eigenvalue weighted by Crippen LogP contribution is 2.20. The standard InChI is InChI=1S/C18H26FN/c1-2-5-17-9-8-16(14-18(17)19)7-4-3-6-15-10-12-20-13-11-15/h2,8-9,14-15,20H,1,3-7,10-13H2. The predicted molar refractivity (Wildman–Crippen MR) is 83.4 cm³/mol. The van der Waals surface area contributed by atoms with Gasteiger partial charge in [0.1, 0.15) is 5.82 Å². The van der Waals surface area contributed by atoms with Crippen LogP contribution < -0.4 is 5.32 Å². The van der Waals surface area contributed by atoms with Crippen molar-refractivity contribution in [3.63, 3.8) is 0 Å². The number of aryl methyl sites for hydroxylation is 1. The molecule has 1 saturated heterocycles. The van der Waals surface area contributed by atoms with Gasteiger partial charge in [0.2, 0.25) is 0 Å². The first kappa shape index (κ1) is 15.2. The van der Waals surface area contributed by atoms with Gasteiger partial charge < -0.3 is 5.32 Å². The second kappa shape index (κ2) is 8.21. The Labute approximate surface area is 122 Å². The lowest BCUT2D eigenvalue weighted by molar-refractivity contribution is 0.344. The first-order valence-electron chi connectivity index (χ1n) is 7.88. The molecule has 0 spiro atoms. The fourth-order valence-corrected chi connectivity index (χ4v) is 3.00. The van der Waals surface area contributed by atoms with Crippen LogP contribution in [0, 0.1) is 11.7 Å². The third-order valence-electron chi connectivity index (χ3n) is 4.27. The van der Waals surface area contributed by atoms with Crippen molar-refractivity contribution in [2.24, 2.45) is 5.92 Å². The van der Waals surface area contributed by atoms with Crippen molar-refractivity contribution in [3.8, 4) is 0 Å². The minimum absolute atomic E-state index is 0.0826. The van der Waals surface area contributed by atoms with Gasteiger partial charge in [0.05, 0.1) is 0 Å². The Kier molecular flexibility index (Phi) is 6.25. The van der Waals surface area contributed by atoms with E-state index in [4.69, 9.17) is 0 Å². The van der Waals surface area contributed by atoms with E-state index in [9.17, 15) is 4.39 Å². The molecule has 0 bridgehead atoms. The molecule has 1 fully saturated rings. The van der Waals surface area contributed by atoms with Crippen LogP contribution in [0.15, 0.2) is 30.9 Å². The molecule has 1 aromatic carbocycles. The second-order valence-electron chi connectivity index (χ2n) is 5.86. The summed E-state index contributed by atoms with van der Waals surface area (Å²) in [7, 11) is 0. The Morgan fingerprint density at radius 1 is 1.25 bits per heavy atom. The van der Waals surface area contributed by atoms with Crippen LogP contribution in [-0.2, 0) is 12.8 Å². The van der Waals surface area contributed by atoms with Crippen LogP contribution in [0.3, 0.4) is 0 Å². The molecule has 1 heterocycles. The summed E-state index contributed by atoms with van der Waals surface area (Å²) in [5.74, 6) is 0.823. The maximum absolute atomic E-state index is 13.8. The normalized spacial score (nSPS) is 16.2. The number of nitrogens with one attached hydrogen (secondary N) is 1. The zero-order chi connectivity index (χ0) is 14.2. The Bertz CT molecular complexity index is 421. The fraction of sp³-hybridized carbons (Fsp3) is 0.556. The average Bonchev–Trinajstić information content (AvgIpc) is 2.48. The van der Waals surface area contributed by atoms with Gasteiger partial charge in [0.25, 0.3) is 0 Å². The molecule has 1 aliphatic rings. The van der Waals surface area contributed by atoms with Crippen LogP contribution in [0.5, 0.6) is 0 Å². The fourth-order valence-electron chi connectivity index (χ4n) is 3.00. The van der Waals surface area contributed by atoms with Crippen LogP contribution in [0.1, 0.15) is 43.2 Å².